The number of hydrogen-bond donors (Lipinski definition) is 1. The molecule has 0 saturated carbocycles. The van der Waals surface area contributed by atoms with E-state index < -0.39 is 0 Å². The van der Waals surface area contributed by atoms with Gasteiger partial charge in [0.1, 0.15) is 5.82 Å². The lowest BCUT2D eigenvalue weighted by Gasteiger charge is -2.31. The molecule has 0 amide bonds. The first kappa shape index (κ1) is 13.6. The van der Waals surface area contributed by atoms with Crippen LogP contribution in [-0.4, -0.2) is 41.2 Å². The summed E-state index contributed by atoms with van der Waals surface area (Å²) in [5.74, 6) is 1.55. The minimum atomic E-state index is -0.217. The van der Waals surface area contributed by atoms with E-state index in [4.69, 9.17) is 4.98 Å². The number of nitrogens with one attached hydrogen (secondary N) is 1. The van der Waals surface area contributed by atoms with Gasteiger partial charge in [-0.15, -0.1) is 0 Å². The molecule has 1 atom stereocenters. The van der Waals surface area contributed by atoms with Crippen molar-refractivity contribution in [2.45, 2.75) is 32.1 Å². The van der Waals surface area contributed by atoms with Crippen LogP contribution < -0.4 is 0 Å². The third-order valence-corrected chi connectivity index (χ3v) is 4.16. The Morgan fingerprint density at radius 1 is 1.45 bits per heavy atom. The molecule has 3 rings (SSSR count). The van der Waals surface area contributed by atoms with Crippen LogP contribution in [0.3, 0.4) is 0 Å². The van der Waals surface area contributed by atoms with Crippen molar-refractivity contribution >= 4 is 11.0 Å². The van der Waals surface area contributed by atoms with E-state index in [9.17, 15) is 4.39 Å². The van der Waals surface area contributed by atoms with Crippen molar-refractivity contribution in [2.75, 3.05) is 26.3 Å². The smallest absolute Gasteiger partial charge is 0.111 e. The molecule has 108 valence electrons. The Kier molecular flexibility index (Phi) is 4.01. The molecule has 3 nitrogen and oxygen atoms in total. The highest BCUT2D eigenvalue weighted by Gasteiger charge is 2.23. The van der Waals surface area contributed by atoms with Crippen LogP contribution in [0.4, 0.5) is 4.39 Å². The molecular weight excluding hydrogens is 253 g/mol. The second-order valence-corrected chi connectivity index (χ2v) is 5.82. The van der Waals surface area contributed by atoms with E-state index in [-0.39, 0.29) is 6.67 Å². The fraction of sp³-hybridized carbons (Fsp3) is 0.562. The molecule has 1 fully saturated rings. The average molecular weight is 275 g/mol. The molecule has 1 N–H and O–H groups in total. The van der Waals surface area contributed by atoms with Crippen molar-refractivity contribution in [1.29, 1.82) is 0 Å². The normalized spacial score (nSPS) is 20.6. The summed E-state index contributed by atoms with van der Waals surface area (Å²) in [4.78, 5) is 10.6. The number of aromatic amines is 1. The van der Waals surface area contributed by atoms with Gasteiger partial charge in [0.05, 0.1) is 17.7 Å². The zero-order chi connectivity index (χ0) is 13.9. The number of likely N-dealkylation sites (tertiary alicyclic amines) is 1. The molecule has 1 aliphatic rings. The zero-order valence-corrected chi connectivity index (χ0v) is 12.0. The van der Waals surface area contributed by atoms with E-state index in [2.05, 4.69) is 35.0 Å². The fourth-order valence-electron chi connectivity index (χ4n) is 3.10. The zero-order valence-electron chi connectivity index (χ0n) is 12.0. The lowest BCUT2D eigenvalue weighted by atomic mass is 9.97. The average Bonchev–Trinajstić information content (AvgIpc) is 2.88. The van der Waals surface area contributed by atoms with Gasteiger partial charge >= 0.3 is 0 Å². The van der Waals surface area contributed by atoms with Gasteiger partial charge in [0.25, 0.3) is 0 Å². The van der Waals surface area contributed by atoms with Gasteiger partial charge in [0, 0.05) is 19.0 Å². The van der Waals surface area contributed by atoms with Gasteiger partial charge in [-0.05, 0) is 50.4 Å². The van der Waals surface area contributed by atoms with Crippen LogP contribution in [0.5, 0.6) is 0 Å². The molecule has 2 heterocycles. The topological polar surface area (TPSA) is 31.9 Å². The van der Waals surface area contributed by atoms with E-state index >= 15 is 0 Å². The predicted octanol–water partition coefficient (Wildman–Crippen LogP) is 3.41. The Morgan fingerprint density at radius 3 is 3.20 bits per heavy atom. The van der Waals surface area contributed by atoms with Crippen molar-refractivity contribution < 1.29 is 4.39 Å². The number of imidazole rings is 1. The summed E-state index contributed by atoms with van der Waals surface area (Å²) in [6.45, 7) is 4.84. The number of halogens is 1. The highest BCUT2D eigenvalue weighted by molar-refractivity contribution is 5.75. The molecule has 4 heteroatoms. The molecule has 0 bridgehead atoms. The van der Waals surface area contributed by atoms with Gasteiger partial charge in [-0.25, -0.2) is 4.98 Å². The van der Waals surface area contributed by atoms with Crippen LogP contribution in [0.25, 0.3) is 11.0 Å². The number of aryl methyl sites for hydroxylation is 1. The first-order valence-electron chi connectivity index (χ1n) is 7.51. The fourth-order valence-corrected chi connectivity index (χ4v) is 3.10. The lowest BCUT2D eigenvalue weighted by molar-refractivity contribution is 0.197. The number of rotatable bonds is 4. The Bertz CT molecular complexity index is 578. The molecule has 0 aliphatic carbocycles. The summed E-state index contributed by atoms with van der Waals surface area (Å²) in [7, 11) is 0. The van der Waals surface area contributed by atoms with Crippen molar-refractivity contribution in [3.05, 3.63) is 29.6 Å². The van der Waals surface area contributed by atoms with Crippen molar-refractivity contribution in [2.24, 2.45) is 0 Å². The number of hydrogen-bond acceptors (Lipinski definition) is 2. The first-order valence-corrected chi connectivity index (χ1v) is 7.51. The molecule has 1 aliphatic heterocycles. The van der Waals surface area contributed by atoms with E-state index in [0.717, 1.165) is 36.5 Å². The molecule has 1 saturated heterocycles. The Balaban J connectivity index is 1.76. The second kappa shape index (κ2) is 5.92. The predicted molar refractivity (Wildman–Crippen MR) is 79.8 cm³/mol. The van der Waals surface area contributed by atoms with Crippen molar-refractivity contribution in [3.8, 4) is 0 Å². The molecule has 0 spiro atoms. The number of nitrogens with zero attached hydrogens (tertiary/aromatic N) is 2. The molecule has 0 radical (unpaired) electrons. The summed E-state index contributed by atoms with van der Waals surface area (Å²) in [6.07, 6.45) is 2.99. The summed E-state index contributed by atoms with van der Waals surface area (Å²) in [6, 6.07) is 6.32. The van der Waals surface area contributed by atoms with Crippen LogP contribution in [0.2, 0.25) is 0 Å². The summed E-state index contributed by atoms with van der Waals surface area (Å²) < 4.78 is 12.3. The monoisotopic (exact) mass is 275 g/mol. The van der Waals surface area contributed by atoms with Crippen LogP contribution in [0, 0.1) is 6.92 Å². The van der Waals surface area contributed by atoms with Gasteiger partial charge in [0.15, 0.2) is 0 Å². The second-order valence-electron chi connectivity index (χ2n) is 5.82. The number of alkyl halides is 1. The van der Waals surface area contributed by atoms with Crippen LogP contribution in [0.1, 0.15) is 36.6 Å². The van der Waals surface area contributed by atoms with Crippen molar-refractivity contribution in [1.82, 2.24) is 14.9 Å². The summed E-state index contributed by atoms with van der Waals surface area (Å²) in [5, 5.41) is 0. The molecule has 0 unspecified atom stereocenters. The van der Waals surface area contributed by atoms with Crippen molar-refractivity contribution in [3.63, 3.8) is 0 Å². The molecule has 1 aromatic heterocycles. The third kappa shape index (κ3) is 2.85. The number of benzene rings is 1. The van der Waals surface area contributed by atoms with Crippen LogP contribution >= 0.6 is 0 Å². The summed E-state index contributed by atoms with van der Waals surface area (Å²) in [5.41, 5.74) is 3.42. The molecule has 20 heavy (non-hydrogen) atoms. The maximum absolute atomic E-state index is 12.3. The molecular formula is C16H22FN3. The third-order valence-electron chi connectivity index (χ3n) is 4.16. The standard InChI is InChI=1S/C16H22FN3/c1-12-5-6-14-15(10-12)19-16(18-14)13-4-2-8-20(11-13)9-3-7-17/h5-6,10,13H,2-4,7-9,11H2,1H3,(H,18,19)/t13-/m1/s1. The highest BCUT2D eigenvalue weighted by Crippen LogP contribution is 2.27. The minimum absolute atomic E-state index is 0.217. The number of piperidine rings is 1. The van der Waals surface area contributed by atoms with Crippen LogP contribution in [0.15, 0.2) is 18.2 Å². The quantitative estimate of drug-likeness (QED) is 0.927. The highest BCUT2D eigenvalue weighted by atomic mass is 19.1. The lowest BCUT2D eigenvalue weighted by Crippen LogP contribution is -2.35. The van der Waals surface area contributed by atoms with Crippen LogP contribution in [-0.2, 0) is 0 Å². The van der Waals surface area contributed by atoms with Gasteiger partial charge in [-0.1, -0.05) is 6.07 Å². The minimum Gasteiger partial charge on any atom is -0.342 e. The Labute approximate surface area is 119 Å². The molecule has 1 aromatic carbocycles. The number of aromatic nitrogens is 2. The van der Waals surface area contributed by atoms with E-state index in [1.165, 1.54) is 18.4 Å². The van der Waals surface area contributed by atoms with Gasteiger partial charge < -0.3 is 9.88 Å². The SMILES string of the molecule is Cc1ccc2nc([C@@H]3CCCN(CCCF)C3)[nH]c2c1. The van der Waals surface area contributed by atoms with Gasteiger partial charge in [-0.3, -0.25) is 4.39 Å². The number of fused-ring (bicyclic) bond motifs is 1. The van der Waals surface area contributed by atoms with E-state index in [1.807, 2.05) is 0 Å². The maximum atomic E-state index is 12.3. The van der Waals surface area contributed by atoms with E-state index in [0.29, 0.717) is 12.3 Å². The largest absolute Gasteiger partial charge is 0.342 e. The maximum Gasteiger partial charge on any atom is 0.111 e. The Hall–Kier alpha value is -1.42. The number of H-pyrrole nitrogens is 1. The molecule has 2 aromatic rings. The Morgan fingerprint density at radius 2 is 2.35 bits per heavy atom. The first-order chi connectivity index (χ1) is 9.76. The van der Waals surface area contributed by atoms with Gasteiger partial charge in [-0.2, -0.15) is 0 Å². The van der Waals surface area contributed by atoms with Gasteiger partial charge in [0.2, 0.25) is 0 Å². The van der Waals surface area contributed by atoms with E-state index in [1.54, 1.807) is 0 Å². The summed E-state index contributed by atoms with van der Waals surface area (Å²) >= 11 is 0.